The van der Waals surface area contributed by atoms with Crippen molar-refractivity contribution in [1.29, 1.82) is 0 Å². The summed E-state index contributed by atoms with van der Waals surface area (Å²) in [6.45, 7) is 4.93. The van der Waals surface area contributed by atoms with Crippen molar-refractivity contribution in [2.45, 2.75) is 6.92 Å². The van der Waals surface area contributed by atoms with Gasteiger partial charge in [-0.15, -0.1) is 0 Å². The number of para-hydroxylation sites is 2. The summed E-state index contributed by atoms with van der Waals surface area (Å²) in [7, 11) is 0. The first kappa shape index (κ1) is 19.5. The maximum atomic E-state index is 12.3. The second-order valence-electron chi connectivity index (χ2n) is 6.62. The molecule has 1 heterocycles. The van der Waals surface area contributed by atoms with Gasteiger partial charge in [0.25, 0.3) is 5.69 Å². The number of aryl methyl sites for hydroxylation is 1. The van der Waals surface area contributed by atoms with Gasteiger partial charge in [0.1, 0.15) is 18.0 Å². The van der Waals surface area contributed by atoms with Gasteiger partial charge in [0, 0.05) is 32.2 Å². The van der Waals surface area contributed by atoms with Crippen LogP contribution in [0, 0.1) is 17.0 Å². The normalized spacial score (nSPS) is 13.9. The number of anilines is 1. The van der Waals surface area contributed by atoms with Crippen LogP contribution in [0.4, 0.5) is 16.2 Å². The van der Waals surface area contributed by atoms with Crippen molar-refractivity contribution in [1.82, 2.24) is 10.2 Å². The molecule has 0 saturated carbocycles. The Bertz CT molecular complexity index is 834. The maximum Gasteiger partial charge on any atom is 0.317 e. The zero-order chi connectivity index (χ0) is 19.9. The van der Waals surface area contributed by atoms with Crippen molar-refractivity contribution in [3.05, 3.63) is 64.2 Å². The first-order valence-electron chi connectivity index (χ1n) is 9.25. The van der Waals surface area contributed by atoms with Crippen LogP contribution >= 0.6 is 0 Å². The number of nitro groups is 1. The van der Waals surface area contributed by atoms with Crippen LogP contribution in [-0.4, -0.2) is 55.2 Å². The zero-order valence-corrected chi connectivity index (χ0v) is 15.8. The molecule has 2 aromatic carbocycles. The van der Waals surface area contributed by atoms with Crippen LogP contribution in [0.15, 0.2) is 48.5 Å². The van der Waals surface area contributed by atoms with E-state index in [9.17, 15) is 14.9 Å². The number of hydrogen-bond acceptors (Lipinski definition) is 5. The molecule has 3 rings (SSSR count). The van der Waals surface area contributed by atoms with Gasteiger partial charge in [0.05, 0.1) is 11.5 Å². The van der Waals surface area contributed by atoms with E-state index in [1.807, 2.05) is 36.1 Å². The fraction of sp³-hybridized carbons (Fsp3) is 0.350. The zero-order valence-electron chi connectivity index (χ0n) is 15.8. The molecule has 0 aromatic heterocycles. The largest absolute Gasteiger partial charge is 0.492 e. The van der Waals surface area contributed by atoms with Gasteiger partial charge in [-0.1, -0.05) is 24.3 Å². The quantitative estimate of drug-likeness (QED) is 0.470. The highest BCUT2D eigenvalue weighted by molar-refractivity contribution is 5.74. The van der Waals surface area contributed by atoms with Crippen LogP contribution in [0.25, 0.3) is 0 Å². The molecule has 1 fully saturated rings. The van der Waals surface area contributed by atoms with Crippen LogP contribution in [0.3, 0.4) is 0 Å². The summed E-state index contributed by atoms with van der Waals surface area (Å²) in [4.78, 5) is 26.8. The number of urea groups is 1. The second-order valence-corrected chi connectivity index (χ2v) is 6.62. The van der Waals surface area contributed by atoms with Crippen LogP contribution in [0.2, 0.25) is 0 Å². The molecule has 8 nitrogen and oxygen atoms in total. The Morgan fingerprint density at radius 3 is 2.61 bits per heavy atom. The monoisotopic (exact) mass is 384 g/mol. The van der Waals surface area contributed by atoms with Crippen molar-refractivity contribution in [2.24, 2.45) is 0 Å². The van der Waals surface area contributed by atoms with Gasteiger partial charge in [-0.25, -0.2) is 4.79 Å². The number of carbonyl (C=O) groups is 1. The van der Waals surface area contributed by atoms with Crippen LogP contribution in [0.5, 0.6) is 5.75 Å². The third-order valence-corrected chi connectivity index (χ3v) is 4.62. The SMILES string of the molecule is Cc1cccc(OCCNC(=O)N2CCN(c3ccccc3[N+](=O)[O-])CC2)c1. The van der Waals surface area contributed by atoms with E-state index in [1.54, 1.807) is 23.1 Å². The van der Waals surface area contributed by atoms with Crippen molar-refractivity contribution < 1.29 is 14.5 Å². The smallest absolute Gasteiger partial charge is 0.317 e. The van der Waals surface area contributed by atoms with E-state index in [-0.39, 0.29) is 16.6 Å². The number of nitro benzene ring substituents is 1. The van der Waals surface area contributed by atoms with Gasteiger partial charge in [-0.3, -0.25) is 10.1 Å². The van der Waals surface area contributed by atoms with Crippen LogP contribution in [0.1, 0.15) is 5.56 Å². The van der Waals surface area contributed by atoms with Crippen molar-refractivity contribution in [2.75, 3.05) is 44.2 Å². The number of nitrogens with one attached hydrogen (secondary N) is 1. The third kappa shape index (κ3) is 4.91. The summed E-state index contributed by atoms with van der Waals surface area (Å²) in [5.74, 6) is 0.785. The summed E-state index contributed by atoms with van der Waals surface area (Å²) in [6, 6.07) is 14.3. The van der Waals surface area contributed by atoms with E-state index in [2.05, 4.69) is 5.32 Å². The number of nitrogens with zero attached hydrogens (tertiary/aromatic N) is 3. The number of ether oxygens (including phenoxy) is 1. The molecule has 0 radical (unpaired) electrons. The van der Waals surface area contributed by atoms with Crippen LogP contribution in [-0.2, 0) is 0 Å². The standard InChI is InChI=1S/C20H24N4O4/c1-16-5-4-6-17(15-16)28-14-9-21-20(25)23-12-10-22(11-13-23)18-7-2-3-8-19(18)24(26)27/h2-8,15H,9-14H2,1H3,(H,21,25). The minimum atomic E-state index is -0.372. The van der Waals surface area contributed by atoms with E-state index in [0.29, 0.717) is 45.0 Å². The minimum Gasteiger partial charge on any atom is -0.492 e. The number of benzene rings is 2. The first-order valence-corrected chi connectivity index (χ1v) is 9.25. The lowest BCUT2D eigenvalue weighted by Crippen LogP contribution is -2.52. The maximum absolute atomic E-state index is 12.3. The first-order chi connectivity index (χ1) is 13.5. The Morgan fingerprint density at radius 2 is 1.89 bits per heavy atom. The number of piperazine rings is 1. The van der Waals surface area contributed by atoms with E-state index in [1.165, 1.54) is 6.07 Å². The molecule has 1 saturated heterocycles. The number of carbonyl (C=O) groups excluding carboxylic acids is 1. The van der Waals surface area contributed by atoms with Crippen molar-refractivity contribution in [3.63, 3.8) is 0 Å². The summed E-state index contributed by atoms with van der Waals surface area (Å²) in [6.07, 6.45) is 0. The van der Waals surface area contributed by atoms with E-state index in [4.69, 9.17) is 4.74 Å². The summed E-state index contributed by atoms with van der Waals surface area (Å²) in [5, 5.41) is 14.1. The van der Waals surface area contributed by atoms with Crippen LogP contribution < -0.4 is 15.0 Å². The molecule has 2 aromatic rings. The van der Waals surface area contributed by atoms with Gasteiger partial charge in [0.15, 0.2) is 0 Å². The molecule has 148 valence electrons. The molecule has 1 aliphatic heterocycles. The van der Waals surface area contributed by atoms with Gasteiger partial charge in [-0.05, 0) is 30.7 Å². The van der Waals surface area contributed by atoms with Gasteiger partial charge < -0.3 is 19.9 Å². The second kappa shape index (κ2) is 9.07. The summed E-state index contributed by atoms with van der Waals surface area (Å²) < 4.78 is 5.63. The molecule has 0 bridgehead atoms. The lowest BCUT2D eigenvalue weighted by atomic mass is 10.2. The lowest BCUT2D eigenvalue weighted by molar-refractivity contribution is -0.384. The average molecular weight is 384 g/mol. The molecule has 0 spiro atoms. The van der Waals surface area contributed by atoms with E-state index < -0.39 is 0 Å². The third-order valence-electron chi connectivity index (χ3n) is 4.62. The molecule has 1 aliphatic rings. The van der Waals surface area contributed by atoms with Gasteiger partial charge in [0.2, 0.25) is 0 Å². The lowest BCUT2D eigenvalue weighted by Gasteiger charge is -2.35. The number of amides is 2. The Morgan fingerprint density at radius 1 is 1.14 bits per heavy atom. The van der Waals surface area contributed by atoms with E-state index >= 15 is 0 Å². The summed E-state index contributed by atoms with van der Waals surface area (Å²) >= 11 is 0. The Labute approximate surface area is 163 Å². The van der Waals surface area contributed by atoms with E-state index in [0.717, 1.165) is 11.3 Å². The molecule has 0 unspecified atom stereocenters. The van der Waals surface area contributed by atoms with Gasteiger partial charge >= 0.3 is 6.03 Å². The average Bonchev–Trinajstić information content (AvgIpc) is 2.71. The molecule has 1 N–H and O–H groups in total. The topological polar surface area (TPSA) is 88.0 Å². The Balaban J connectivity index is 1.43. The molecular formula is C20H24N4O4. The minimum absolute atomic E-state index is 0.0914. The fourth-order valence-corrected chi connectivity index (χ4v) is 3.18. The summed E-state index contributed by atoms with van der Waals surface area (Å²) in [5.41, 5.74) is 1.81. The fourth-order valence-electron chi connectivity index (χ4n) is 3.18. The molecule has 8 heteroatoms. The van der Waals surface area contributed by atoms with Crippen molar-refractivity contribution >= 4 is 17.4 Å². The highest BCUT2D eigenvalue weighted by atomic mass is 16.6. The molecule has 2 amide bonds. The predicted octanol–water partition coefficient (Wildman–Crippen LogP) is 2.81. The van der Waals surface area contributed by atoms with Gasteiger partial charge in [-0.2, -0.15) is 0 Å². The van der Waals surface area contributed by atoms with Crippen molar-refractivity contribution in [3.8, 4) is 5.75 Å². The predicted molar refractivity (Wildman–Crippen MR) is 107 cm³/mol. The number of hydrogen-bond donors (Lipinski definition) is 1. The Hall–Kier alpha value is -3.29. The molecule has 0 atom stereocenters. The highest BCUT2D eigenvalue weighted by Crippen LogP contribution is 2.28. The molecular weight excluding hydrogens is 360 g/mol. The highest BCUT2D eigenvalue weighted by Gasteiger charge is 2.25. The Kier molecular flexibility index (Phi) is 6.31. The number of rotatable bonds is 6. The molecule has 28 heavy (non-hydrogen) atoms. The molecule has 0 aliphatic carbocycles.